The number of hydrogen-bond donors (Lipinski definition) is 1. The minimum atomic E-state index is 0.338. The van der Waals surface area contributed by atoms with Crippen LogP contribution >= 0.6 is 0 Å². The molecule has 0 spiro atoms. The maximum atomic E-state index is 5.82. The molecule has 118 valence electrons. The van der Waals surface area contributed by atoms with Crippen molar-refractivity contribution in [3.8, 4) is 5.75 Å². The standard InChI is InChI=1S/C18H30N2O/c1-18(2,3)14-20(4)11-12-21-17-9-5-15(6-10-17)13-19-16-7-8-16/h5-6,9-10,16,19H,7-8,11-14H2,1-4H3. The molecule has 3 heteroatoms. The summed E-state index contributed by atoms with van der Waals surface area (Å²) in [5.41, 5.74) is 1.67. The maximum Gasteiger partial charge on any atom is 0.119 e. The van der Waals surface area contributed by atoms with Crippen LogP contribution in [-0.4, -0.2) is 37.7 Å². The van der Waals surface area contributed by atoms with Crippen molar-refractivity contribution >= 4 is 0 Å². The van der Waals surface area contributed by atoms with Crippen molar-refractivity contribution < 1.29 is 4.74 Å². The van der Waals surface area contributed by atoms with E-state index in [0.717, 1.165) is 38.0 Å². The van der Waals surface area contributed by atoms with Gasteiger partial charge in [0.2, 0.25) is 0 Å². The fourth-order valence-electron chi connectivity index (χ4n) is 2.46. The van der Waals surface area contributed by atoms with Crippen LogP contribution in [0.1, 0.15) is 39.2 Å². The van der Waals surface area contributed by atoms with Crippen molar-refractivity contribution in [3.63, 3.8) is 0 Å². The first-order valence-corrected chi connectivity index (χ1v) is 8.06. The Morgan fingerprint density at radius 1 is 1.19 bits per heavy atom. The number of nitrogens with one attached hydrogen (secondary N) is 1. The van der Waals surface area contributed by atoms with Gasteiger partial charge >= 0.3 is 0 Å². The Balaban J connectivity index is 1.65. The molecule has 0 atom stereocenters. The van der Waals surface area contributed by atoms with E-state index in [1.807, 2.05) is 0 Å². The molecule has 1 aliphatic rings. The summed E-state index contributed by atoms with van der Waals surface area (Å²) in [6.45, 7) is 10.5. The minimum Gasteiger partial charge on any atom is -0.492 e. The van der Waals surface area contributed by atoms with Crippen LogP contribution in [0.25, 0.3) is 0 Å². The largest absolute Gasteiger partial charge is 0.492 e. The number of ether oxygens (including phenoxy) is 1. The molecule has 0 aromatic heterocycles. The SMILES string of the molecule is CN(CCOc1ccc(CNC2CC2)cc1)CC(C)(C)C. The lowest BCUT2D eigenvalue weighted by atomic mass is 9.96. The normalized spacial score (nSPS) is 15.5. The van der Waals surface area contributed by atoms with Gasteiger partial charge < -0.3 is 15.0 Å². The molecule has 0 saturated heterocycles. The van der Waals surface area contributed by atoms with Crippen molar-refractivity contribution in [1.82, 2.24) is 10.2 Å². The summed E-state index contributed by atoms with van der Waals surface area (Å²) < 4.78 is 5.82. The van der Waals surface area contributed by atoms with E-state index in [-0.39, 0.29) is 0 Å². The highest BCUT2D eigenvalue weighted by Crippen LogP contribution is 2.20. The van der Waals surface area contributed by atoms with Gasteiger partial charge in [-0.1, -0.05) is 32.9 Å². The fourth-order valence-corrected chi connectivity index (χ4v) is 2.46. The van der Waals surface area contributed by atoms with Gasteiger partial charge in [-0.05, 0) is 43.0 Å². The molecule has 0 aliphatic heterocycles. The van der Waals surface area contributed by atoms with Gasteiger partial charge in [-0.15, -0.1) is 0 Å². The first kappa shape index (κ1) is 16.3. The van der Waals surface area contributed by atoms with Crippen LogP contribution in [0.4, 0.5) is 0 Å². The molecule has 0 radical (unpaired) electrons. The average Bonchev–Trinajstić information content (AvgIpc) is 3.20. The lowest BCUT2D eigenvalue weighted by Crippen LogP contribution is -2.32. The molecular weight excluding hydrogens is 260 g/mol. The van der Waals surface area contributed by atoms with Gasteiger partial charge in [0.25, 0.3) is 0 Å². The first-order chi connectivity index (χ1) is 9.92. The minimum absolute atomic E-state index is 0.338. The van der Waals surface area contributed by atoms with Crippen LogP contribution in [0.5, 0.6) is 5.75 Å². The third-order valence-electron chi connectivity index (χ3n) is 3.58. The Hall–Kier alpha value is -1.06. The number of hydrogen-bond acceptors (Lipinski definition) is 3. The molecule has 0 unspecified atom stereocenters. The molecule has 1 aliphatic carbocycles. The Morgan fingerprint density at radius 2 is 1.86 bits per heavy atom. The summed E-state index contributed by atoms with van der Waals surface area (Å²) in [5.74, 6) is 0.967. The summed E-state index contributed by atoms with van der Waals surface area (Å²) in [4.78, 5) is 2.33. The Labute approximate surface area is 129 Å². The summed E-state index contributed by atoms with van der Waals surface area (Å²) in [5, 5.41) is 3.52. The van der Waals surface area contributed by atoms with E-state index in [0.29, 0.717) is 5.41 Å². The molecule has 1 aromatic rings. The number of nitrogens with zero attached hydrogens (tertiary/aromatic N) is 1. The zero-order valence-corrected chi connectivity index (χ0v) is 14.0. The Kier molecular flexibility index (Phi) is 5.65. The molecule has 0 heterocycles. The van der Waals surface area contributed by atoms with Crippen LogP contribution in [0.3, 0.4) is 0 Å². The predicted molar refractivity (Wildman–Crippen MR) is 88.8 cm³/mol. The highest BCUT2D eigenvalue weighted by atomic mass is 16.5. The molecule has 1 saturated carbocycles. The molecule has 1 fully saturated rings. The van der Waals surface area contributed by atoms with Crippen molar-refractivity contribution in [2.45, 2.75) is 46.2 Å². The van der Waals surface area contributed by atoms with Crippen molar-refractivity contribution in [2.75, 3.05) is 26.7 Å². The lowest BCUT2D eigenvalue weighted by Gasteiger charge is -2.26. The number of rotatable bonds is 8. The van der Waals surface area contributed by atoms with Gasteiger partial charge in [-0.3, -0.25) is 0 Å². The molecule has 21 heavy (non-hydrogen) atoms. The van der Waals surface area contributed by atoms with Crippen molar-refractivity contribution in [1.29, 1.82) is 0 Å². The second-order valence-corrected chi connectivity index (χ2v) is 7.45. The third kappa shape index (κ3) is 6.96. The zero-order chi connectivity index (χ0) is 15.3. The third-order valence-corrected chi connectivity index (χ3v) is 3.58. The highest BCUT2D eigenvalue weighted by molar-refractivity contribution is 5.27. The monoisotopic (exact) mass is 290 g/mol. The molecule has 3 nitrogen and oxygen atoms in total. The van der Waals surface area contributed by atoms with E-state index in [1.54, 1.807) is 0 Å². The molecule has 0 bridgehead atoms. The molecule has 1 aromatic carbocycles. The molecule has 0 amide bonds. The first-order valence-electron chi connectivity index (χ1n) is 8.06. The van der Waals surface area contributed by atoms with Crippen molar-refractivity contribution in [3.05, 3.63) is 29.8 Å². The van der Waals surface area contributed by atoms with Gasteiger partial charge in [0.15, 0.2) is 0 Å². The Morgan fingerprint density at radius 3 is 2.43 bits per heavy atom. The van der Waals surface area contributed by atoms with E-state index in [1.165, 1.54) is 18.4 Å². The van der Waals surface area contributed by atoms with Gasteiger partial charge in [0.1, 0.15) is 12.4 Å². The van der Waals surface area contributed by atoms with E-state index >= 15 is 0 Å². The topological polar surface area (TPSA) is 24.5 Å². The molecule has 1 N–H and O–H groups in total. The van der Waals surface area contributed by atoms with Crippen LogP contribution < -0.4 is 10.1 Å². The van der Waals surface area contributed by atoms with Gasteiger partial charge in [0.05, 0.1) is 0 Å². The smallest absolute Gasteiger partial charge is 0.119 e. The fraction of sp³-hybridized carbons (Fsp3) is 0.667. The predicted octanol–water partition coefficient (Wildman–Crippen LogP) is 3.30. The zero-order valence-electron chi connectivity index (χ0n) is 14.0. The molecule has 2 rings (SSSR count). The summed E-state index contributed by atoms with van der Waals surface area (Å²) in [6.07, 6.45) is 2.67. The Bertz CT molecular complexity index is 418. The lowest BCUT2D eigenvalue weighted by molar-refractivity contribution is 0.188. The van der Waals surface area contributed by atoms with Crippen LogP contribution in [-0.2, 0) is 6.54 Å². The summed E-state index contributed by atoms with van der Waals surface area (Å²) in [6, 6.07) is 9.23. The van der Waals surface area contributed by atoms with Gasteiger partial charge in [-0.2, -0.15) is 0 Å². The second-order valence-electron chi connectivity index (χ2n) is 7.45. The second kappa shape index (κ2) is 7.28. The van der Waals surface area contributed by atoms with Crippen LogP contribution in [0, 0.1) is 5.41 Å². The number of benzene rings is 1. The summed E-state index contributed by atoms with van der Waals surface area (Å²) >= 11 is 0. The maximum absolute atomic E-state index is 5.82. The van der Waals surface area contributed by atoms with E-state index in [2.05, 4.69) is 62.3 Å². The quantitative estimate of drug-likeness (QED) is 0.795. The van der Waals surface area contributed by atoms with E-state index in [9.17, 15) is 0 Å². The van der Waals surface area contributed by atoms with Gasteiger partial charge in [0, 0.05) is 25.7 Å². The average molecular weight is 290 g/mol. The van der Waals surface area contributed by atoms with E-state index < -0.39 is 0 Å². The van der Waals surface area contributed by atoms with E-state index in [4.69, 9.17) is 4.74 Å². The van der Waals surface area contributed by atoms with Crippen LogP contribution in [0.2, 0.25) is 0 Å². The summed E-state index contributed by atoms with van der Waals surface area (Å²) in [7, 11) is 2.15. The van der Waals surface area contributed by atoms with Gasteiger partial charge in [-0.25, -0.2) is 0 Å². The number of likely N-dealkylation sites (N-methyl/N-ethyl adjacent to an activating group) is 1. The van der Waals surface area contributed by atoms with Crippen LogP contribution in [0.15, 0.2) is 24.3 Å². The molecular formula is C18H30N2O. The highest BCUT2D eigenvalue weighted by Gasteiger charge is 2.19. The van der Waals surface area contributed by atoms with Crippen molar-refractivity contribution in [2.24, 2.45) is 5.41 Å².